The topological polar surface area (TPSA) is 260 Å². The molecule has 0 atom stereocenters. The highest BCUT2D eigenvalue weighted by Crippen LogP contribution is 2.45. The number of aromatic nitrogens is 3. The standard InChI is InChI=1S/C25H21N7O10S3/c1-12-27-24(26)29-25(28-12)32(2)14-6-7-15-13(10-14)11-19(43-42-41-34)21(22(15)33)31-30-18-9-8-16-17(23(18)45(38,39)40)4-3-5-20(16)44(35,36)37/h3-11,33-34H,1-2H3,(H,35,36,37)(H,38,39,40)(H2,26,27,28,29). The number of fused-ring (bicyclic) bond motifs is 2. The second kappa shape index (κ2) is 12.1. The molecular formula is C25H21N7O10S3. The molecule has 0 fully saturated rings. The lowest BCUT2D eigenvalue weighted by Gasteiger charge is -2.18. The minimum Gasteiger partial charge on any atom is -0.505 e. The molecule has 0 unspecified atom stereocenters. The second-order valence-corrected chi connectivity index (χ2v) is 12.7. The highest BCUT2D eigenvalue weighted by Gasteiger charge is 2.24. The van der Waals surface area contributed by atoms with Crippen molar-refractivity contribution in [3.05, 3.63) is 60.4 Å². The summed E-state index contributed by atoms with van der Waals surface area (Å²) in [5.74, 6) is 0.257. The number of aryl methyl sites for hydroxylation is 1. The Bertz CT molecular complexity index is 2210. The monoisotopic (exact) mass is 675 g/mol. The van der Waals surface area contributed by atoms with Gasteiger partial charge in [0, 0.05) is 28.9 Å². The predicted molar refractivity (Wildman–Crippen MR) is 161 cm³/mol. The fraction of sp³-hybridized carbons (Fsp3) is 0.0800. The van der Waals surface area contributed by atoms with Gasteiger partial charge < -0.3 is 15.7 Å². The van der Waals surface area contributed by atoms with Crippen molar-refractivity contribution in [1.29, 1.82) is 0 Å². The van der Waals surface area contributed by atoms with E-state index in [1.54, 1.807) is 37.1 Å². The summed E-state index contributed by atoms with van der Waals surface area (Å²) in [5, 5.41) is 31.8. The Hall–Kier alpha value is -4.54. The third kappa shape index (κ3) is 6.48. The molecule has 234 valence electrons. The van der Waals surface area contributed by atoms with E-state index >= 15 is 0 Å². The lowest BCUT2D eigenvalue weighted by molar-refractivity contribution is -0.432. The molecule has 0 amide bonds. The maximum Gasteiger partial charge on any atom is 0.297 e. The molecule has 0 aliphatic heterocycles. The summed E-state index contributed by atoms with van der Waals surface area (Å²) in [7, 11) is -8.11. The highest BCUT2D eigenvalue weighted by molar-refractivity contribution is 7.94. The Morgan fingerprint density at radius 1 is 0.911 bits per heavy atom. The van der Waals surface area contributed by atoms with Gasteiger partial charge in [-0.1, -0.05) is 23.2 Å². The van der Waals surface area contributed by atoms with Crippen LogP contribution in [0.15, 0.2) is 79.5 Å². The Labute approximate surface area is 258 Å². The van der Waals surface area contributed by atoms with E-state index in [2.05, 4.69) is 34.6 Å². The summed E-state index contributed by atoms with van der Waals surface area (Å²) in [6, 6.07) is 12.0. The number of phenols is 1. The van der Waals surface area contributed by atoms with Crippen LogP contribution in [0, 0.1) is 6.92 Å². The number of phenolic OH excluding ortho intramolecular Hbond substituents is 1. The Balaban J connectivity index is 1.65. The van der Waals surface area contributed by atoms with Gasteiger partial charge in [0.15, 0.2) is 5.75 Å². The first kappa shape index (κ1) is 31.9. The average molecular weight is 676 g/mol. The number of nitrogens with zero attached hydrogens (tertiary/aromatic N) is 6. The molecule has 20 heteroatoms. The van der Waals surface area contributed by atoms with Gasteiger partial charge in [0.05, 0.1) is 16.9 Å². The summed E-state index contributed by atoms with van der Waals surface area (Å²) in [4.78, 5) is 12.6. The van der Waals surface area contributed by atoms with Crippen LogP contribution >= 0.6 is 12.0 Å². The minimum atomic E-state index is -5.04. The third-order valence-electron chi connectivity index (χ3n) is 6.37. The van der Waals surface area contributed by atoms with Gasteiger partial charge in [-0.05, 0) is 48.7 Å². The Morgan fingerprint density at radius 3 is 2.31 bits per heavy atom. The quantitative estimate of drug-likeness (QED) is 0.0458. The zero-order chi connectivity index (χ0) is 32.7. The summed E-state index contributed by atoms with van der Waals surface area (Å²) >= 11 is 0.432. The van der Waals surface area contributed by atoms with Gasteiger partial charge in [0.2, 0.25) is 11.9 Å². The SMILES string of the molecule is Cc1nc(N)nc(N(C)c2ccc3c(O)c(N=Nc4ccc5c(S(=O)(=O)O)cccc5c4S(=O)(=O)O)c(SOOO)cc3c2)n1. The average Bonchev–Trinajstić information content (AvgIpc) is 2.96. The summed E-state index contributed by atoms with van der Waals surface area (Å²) in [5.41, 5.74) is 5.65. The van der Waals surface area contributed by atoms with Gasteiger partial charge in [0.25, 0.3) is 20.2 Å². The molecule has 0 aliphatic rings. The molecule has 0 radical (unpaired) electrons. The molecule has 0 aliphatic carbocycles. The van der Waals surface area contributed by atoms with Crippen LogP contribution in [-0.4, -0.2) is 58.3 Å². The normalized spacial score (nSPS) is 12.4. The first-order valence-electron chi connectivity index (χ1n) is 12.3. The van der Waals surface area contributed by atoms with Gasteiger partial charge in [0.1, 0.15) is 27.0 Å². The summed E-state index contributed by atoms with van der Waals surface area (Å²) in [6.45, 7) is 1.66. The maximum absolute atomic E-state index is 12.4. The molecule has 0 saturated heterocycles. The largest absolute Gasteiger partial charge is 0.505 e. The zero-order valence-corrected chi connectivity index (χ0v) is 25.4. The molecule has 5 aromatic rings. The van der Waals surface area contributed by atoms with E-state index in [0.29, 0.717) is 28.9 Å². The van der Waals surface area contributed by atoms with E-state index in [4.69, 9.17) is 11.0 Å². The van der Waals surface area contributed by atoms with Crippen molar-refractivity contribution >= 4 is 82.8 Å². The number of hydrogen-bond acceptors (Lipinski definition) is 16. The van der Waals surface area contributed by atoms with Crippen molar-refractivity contribution in [2.75, 3.05) is 17.7 Å². The molecule has 1 heterocycles. The van der Waals surface area contributed by atoms with E-state index in [1.807, 2.05) is 0 Å². The highest BCUT2D eigenvalue weighted by atomic mass is 32.2. The van der Waals surface area contributed by atoms with E-state index < -0.39 is 41.5 Å². The number of aromatic hydroxyl groups is 1. The van der Waals surface area contributed by atoms with Crippen molar-refractivity contribution in [3.8, 4) is 5.75 Å². The number of anilines is 3. The predicted octanol–water partition coefficient (Wildman–Crippen LogP) is 4.88. The fourth-order valence-electron chi connectivity index (χ4n) is 4.48. The number of nitrogens with two attached hydrogens (primary N) is 1. The number of rotatable bonds is 9. The second-order valence-electron chi connectivity index (χ2n) is 9.22. The summed E-state index contributed by atoms with van der Waals surface area (Å²) < 4.78 is 72.7. The zero-order valence-electron chi connectivity index (χ0n) is 22.9. The van der Waals surface area contributed by atoms with Crippen molar-refractivity contribution in [2.24, 2.45) is 10.2 Å². The van der Waals surface area contributed by atoms with E-state index in [-0.39, 0.29) is 38.6 Å². The molecule has 0 saturated carbocycles. The van der Waals surface area contributed by atoms with Gasteiger partial charge in [-0.15, -0.1) is 14.6 Å². The van der Waals surface area contributed by atoms with E-state index in [1.165, 1.54) is 24.3 Å². The minimum absolute atomic E-state index is 0.0278. The molecule has 4 aromatic carbocycles. The van der Waals surface area contributed by atoms with Crippen molar-refractivity contribution in [1.82, 2.24) is 15.0 Å². The number of azo groups is 1. The van der Waals surface area contributed by atoms with Crippen LogP contribution in [0.1, 0.15) is 5.82 Å². The first-order chi connectivity index (χ1) is 21.2. The lowest BCUT2D eigenvalue weighted by Crippen LogP contribution is -2.15. The van der Waals surface area contributed by atoms with Crippen molar-refractivity contribution in [3.63, 3.8) is 0 Å². The fourth-order valence-corrected chi connectivity index (χ4v) is 6.51. The molecule has 0 spiro atoms. The lowest BCUT2D eigenvalue weighted by atomic mass is 10.1. The Kier molecular flexibility index (Phi) is 8.57. The van der Waals surface area contributed by atoms with Crippen LogP contribution in [0.4, 0.5) is 29.0 Å². The van der Waals surface area contributed by atoms with Crippen LogP contribution in [0.2, 0.25) is 0 Å². The summed E-state index contributed by atoms with van der Waals surface area (Å²) in [6.07, 6.45) is 0. The number of nitrogen functional groups attached to an aromatic ring is 1. The Morgan fingerprint density at radius 2 is 1.64 bits per heavy atom. The molecule has 45 heavy (non-hydrogen) atoms. The van der Waals surface area contributed by atoms with E-state index in [9.17, 15) is 31.0 Å². The number of hydrogen-bond donors (Lipinski definition) is 5. The van der Waals surface area contributed by atoms with Crippen LogP contribution in [-0.2, 0) is 29.6 Å². The smallest absolute Gasteiger partial charge is 0.297 e. The molecule has 0 bridgehead atoms. The molecule has 6 N–H and O–H groups in total. The van der Waals surface area contributed by atoms with Gasteiger partial charge in [-0.2, -0.15) is 31.8 Å². The van der Waals surface area contributed by atoms with Crippen LogP contribution in [0.3, 0.4) is 0 Å². The molecule has 17 nitrogen and oxygen atoms in total. The van der Waals surface area contributed by atoms with Gasteiger partial charge in [-0.25, -0.2) is 5.26 Å². The van der Waals surface area contributed by atoms with Gasteiger partial charge >= 0.3 is 0 Å². The van der Waals surface area contributed by atoms with Crippen molar-refractivity contribution < 1.29 is 45.7 Å². The molecular weight excluding hydrogens is 655 g/mol. The van der Waals surface area contributed by atoms with Crippen molar-refractivity contribution in [2.45, 2.75) is 21.6 Å². The van der Waals surface area contributed by atoms with Crippen LogP contribution in [0.5, 0.6) is 5.75 Å². The van der Waals surface area contributed by atoms with E-state index in [0.717, 1.165) is 12.1 Å². The van der Waals surface area contributed by atoms with Crippen LogP contribution < -0.4 is 10.6 Å². The molecule has 1 aromatic heterocycles. The maximum atomic E-state index is 12.4. The molecule has 5 rings (SSSR count). The van der Waals surface area contributed by atoms with Crippen LogP contribution in [0.25, 0.3) is 21.5 Å². The van der Waals surface area contributed by atoms with Gasteiger partial charge in [-0.3, -0.25) is 9.11 Å². The number of benzene rings is 4. The first-order valence-corrected chi connectivity index (χ1v) is 15.9. The third-order valence-corrected chi connectivity index (χ3v) is 8.85.